The number of aromatic nitrogens is 1. The van der Waals surface area contributed by atoms with E-state index in [1.54, 1.807) is 25.1 Å². The fourth-order valence-electron chi connectivity index (χ4n) is 8.58. The van der Waals surface area contributed by atoms with Crippen molar-refractivity contribution in [1.82, 2.24) is 15.0 Å². The van der Waals surface area contributed by atoms with Crippen molar-refractivity contribution >= 4 is 23.4 Å². The van der Waals surface area contributed by atoms with Crippen LogP contribution in [0.2, 0.25) is 0 Å². The molecule has 0 amide bonds. The predicted octanol–water partition coefficient (Wildman–Crippen LogP) is 6.34. The Kier molecular flexibility index (Phi) is 9.26. The minimum absolute atomic E-state index is 0.0569. The van der Waals surface area contributed by atoms with E-state index < -0.39 is 46.6 Å². The lowest BCUT2D eigenvalue weighted by molar-refractivity contribution is -0.142. The van der Waals surface area contributed by atoms with E-state index in [-0.39, 0.29) is 65.7 Å². The Morgan fingerprint density at radius 2 is 1.64 bits per heavy atom. The first-order valence-corrected chi connectivity index (χ1v) is 18.2. The average molecular weight is 720 g/mol. The number of benzene rings is 3. The van der Waals surface area contributed by atoms with E-state index in [1.807, 2.05) is 66.7 Å². The highest BCUT2D eigenvalue weighted by Gasteiger charge is 2.65. The standard InChI is InChI=1S/C42H42FN3O7/c1-45(2)35-30-21-28-20-29-31(43)22-27(16-11-19-46-17-9-10-18-46)37(51-23-25-12-5-3-6-13-25)33(29)36(47)32(28)39(48)42(30,50)40(49)34-38(35)53-44-41(34)52-24-26-14-7-4-8-15-26/h3-8,11-16,22,28,30,35,47,50H,9-10,17-21,23-24H2,1-2H3/b16-11+/t28?,30-,35-,42-/m0/s1. The van der Waals surface area contributed by atoms with Crippen LogP contribution in [-0.4, -0.2) is 76.1 Å². The van der Waals surface area contributed by atoms with Crippen LogP contribution in [0, 0.1) is 17.7 Å². The molecule has 1 aliphatic heterocycles. The van der Waals surface area contributed by atoms with E-state index >= 15 is 4.39 Å². The lowest BCUT2D eigenvalue weighted by Gasteiger charge is -2.49. The zero-order chi connectivity index (χ0) is 36.9. The molecule has 2 fully saturated rings. The van der Waals surface area contributed by atoms with Crippen LogP contribution >= 0.6 is 0 Å². The number of nitrogens with zero attached hydrogens (tertiary/aromatic N) is 3. The zero-order valence-corrected chi connectivity index (χ0v) is 29.8. The summed E-state index contributed by atoms with van der Waals surface area (Å²) >= 11 is 0. The van der Waals surface area contributed by atoms with E-state index in [2.05, 4.69) is 10.1 Å². The molecule has 0 radical (unpaired) electrons. The number of aliphatic hydroxyl groups is 2. The second-order valence-corrected chi connectivity index (χ2v) is 14.7. The molecule has 4 atom stereocenters. The number of halogens is 1. The normalized spacial score (nSPS) is 24.0. The first kappa shape index (κ1) is 35.0. The van der Waals surface area contributed by atoms with E-state index in [4.69, 9.17) is 14.0 Å². The van der Waals surface area contributed by atoms with Crippen molar-refractivity contribution in [1.29, 1.82) is 0 Å². The Labute approximate surface area is 307 Å². The molecule has 4 aromatic rings. The molecular weight excluding hydrogens is 677 g/mol. The number of hydrogen-bond donors (Lipinski definition) is 2. The van der Waals surface area contributed by atoms with Crippen molar-refractivity contribution in [3.8, 4) is 11.6 Å². The summed E-state index contributed by atoms with van der Waals surface area (Å²) < 4.78 is 34.3. The van der Waals surface area contributed by atoms with E-state index in [0.717, 1.165) is 37.1 Å². The van der Waals surface area contributed by atoms with Gasteiger partial charge in [-0.2, -0.15) is 0 Å². The minimum Gasteiger partial charge on any atom is -0.507 e. The minimum atomic E-state index is -2.58. The monoisotopic (exact) mass is 719 g/mol. The molecule has 53 heavy (non-hydrogen) atoms. The first-order valence-electron chi connectivity index (χ1n) is 18.2. The predicted molar refractivity (Wildman–Crippen MR) is 195 cm³/mol. The average Bonchev–Trinajstić information content (AvgIpc) is 3.83. The summed E-state index contributed by atoms with van der Waals surface area (Å²) in [6.45, 7) is 2.86. The molecule has 1 unspecified atom stereocenters. The summed E-state index contributed by atoms with van der Waals surface area (Å²) in [7, 11) is 3.52. The Morgan fingerprint density at radius 3 is 2.30 bits per heavy atom. The van der Waals surface area contributed by atoms with Crippen LogP contribution in [0.3, 0.4) is 0 Å². The SMILES string of the molecule is CN(C)[C@@H]1c2onc(OCc3ccccc3)c2C(=O)[C@@]2(O)C(=O)C3=C(O)c4c(c(F)cc(/C=C/CN5CCCC5)c4OCc4ccccc4)CC3C[C@@H]12. The third-order valence-corrected chi connectivity index (χ3v) is 11.1. The molecule has 8 rings (SSSR count). The molecule has 1 aromatic heterocycles. The molecule has 1 saturated carbocycles. The van der Waals surface area contributed by atoms with Crippen molar-refractivity contribution in [2.24, 2.45) is 11.8 Å². The van der Waals surface area contributed by atoms with E-state index in [1.165, 1.54) is 6.07 Å². The molecule has 3 aliphatic carbocycles. The Bertz CT molecular complexity index is 2110. The fourth-order valence-corrected chi connectivity index (χ4v) is 8.58. The topological polar surface area (TPSA) is 126 Å². The van der Waals surface area contributed by atoms with Crippen LogP contribution in [0.4, 0.5) is 4.39 Å². The van der Waals surface area contributed by atoms with Gasteiger partial charge in [-0.15, -0.1) is 0 Å². The molecule has 274 valence electrons. The summed E-state index contributed by atoms with van der Waals surface area (Å²) in [4.78, 5) is 33.3. The second kappa shape index (κ2) is 14.0. The van der Waals surface area contributed by atoms with E-state index in [9.17, 15) is 19.8 Å². The van der Waals surface area contributed by atoms with Gasteiger partial charge in [0.05, 0.1) is 11.6 Å². The van der Waals surface area contributed by atoms with Crippen LogP contribution in [0.5, 0.6) is 11.6 Å². The van der Waals surface area contributed by atoms with Gasteiger partial charge < -0.3 is 24.2 Å². The summed E-state index contributed by atoms with van der Waals surface area (Å²) in [6.07, 6.45) is 6.15. The number of rotatable bonds is 10. The Morgan fingerprint density at radius 1 is 0.981 bits per heavy atom. The zero-order valence-electron chi connectivity index (χ0n) is 29.8. The van der Waals surface area contributed by atoms with Crippen molar-refractivity contribution in [2.45, 2.75) is 50.5 Å². The number of ketones is 2. The third-order valence-electron chi connectivity index (χ3n) is 11.1. The van der Waals surface area contributed by atoms with Gasteiger partial charge in [0, 0.05) is 29.2 Å². The smallest absolute Gasteiger partial charge is 0.265 e. The molecule has 2 heterocycles. The van der Waals surface area contributed by atoms with Crippen molar-refractivity contribution in [3.05, 3.63) is 123 Å². The molecule has 3 aromatic carbocycles. The number of carbonyl (C=O) groups is 2. The maximum Gasteiger partial charge on any atom is 0.265 e. The van der Waals surface area contributed by atoms with Crippen molar-refractivity contribution in [3.63, 3.8) is 0 Å². The number of fused-ring (bicyclic) bond motifs is 4. The molecular formula is C42H42FN3O7. The molecule has 1 saturated heterocycles. The van der Waals surface area contributed by atoms with Gasteiger partial charge in [0.2, 0.25) is 11.6 Å². The molecule has 10 nitrogen and oxygen atoms in total. The number of aliphatic hydroxyl groups excluding tert-OH is 1. The highest BCUT2D eigenvalue weighted by molar-refractivity contribution is 6.26. The number of ether oxygens (including phenoxy) is 2. The van der Waals surface area contributed by atoms with Gasteiger partial charge in [0.1, 0.15) is 36.1 Å². The maximum absolute atomic E-state index is 16.2. The van der Waals surface area contributed by atoms with Crippen LogP contribution in [0.25, 0.3) is 11.8 Å². The lowest BCUT2D eigenvalue weighted by Crippen LogP contribution is -2.63. The van der Waals surface area contributed by atoms with Crippen LogP contribution in [0.15, 0.2) is 82.9 Å². The van der Waals surface area contributed by atoms with Gasteiger partial charge in [0.15, 0.2) is 11.4 Å². The largest absolute Gasteiger partial charge is 0.507 e. The van der Waals surface area contributed by atoms with Crippen LogP contribution in [0.1, 0.15) is 69.2 Å². The van der Waals surface area contributed by atoms with Gasteiger partial charge in [-0.1, -0.05) is 72.8 Å². The number of likely N-dealkylation sites (tertiary alicyclic amines) is 1. The summed E-state index contributed by atoms with van der Waals surface area (Å²) in [5, 5.41) is 28.7. The van der Waals surface area contributed by atoms with Gasteiger partial charge in [-0.25, -0.2) is 4.39 Å². The van der Waals surface area contributed by atoms with Gasteiger partial charge in [-0.05, 0) is 81.1 Å². The highest BCUT2D eigenvalue weighted by Crippen LogP contribution is 2.56. The molecule has 0 bridgehead atoms. The third kappa shape index (κ3) is 6.06. The van der Waals surface area contributed by atoms with Gasteiger partial charge >= 0.3 is 0 Å². The summed E-state index contributed by atoms with van der Waals surface area (Å²) in [6, 6.07) is 19.4. The van der Waals surface area contributed by atoms with Crippen molar-refractivity contribution in [2.75, 3.05) is 33.7 Å². The van der Waals surface area contributed by atoms with Gasteiger partial charge in [0.25, 0.3) is 5.88 Å². The van der Waals surface area contributed by atoms with Gasteiger partial charge in [-0.3, -0.25) is 19.4 Å². The number of carbonyl (C=O) groups excluding carboxylic acids is 2. The number of Topliss-reactive ketones (excluding diaryl/α,β-unsaturated/α-hetero) is 2. The Hall–Kier alpha value is -5.10. The summed E-state index contributed by atoms with van der Waals surface area (Å²) in [5.41, 5.74) is -0.418. The van der Waals surface area contributed by atoms with Crippen LogP contribution < -0.4 is 9.47 Å². The molecule has 11 heteroatoms. The lowest BCUT2D eigenvalue weighted by atomic mass is 9.57. The quantitative estimate of drug-likeness (QED) is 0.179. The first-order chi connectivity index (χ1) is 25.7. The fraction of sp³-hybridized carbons (Fsp3) is 0.357. The van der Waals surface area contributed by atoms with Crippen molar-refractivity contribution < 1.29 is 38.2 Å². The van der Waals surface area contributed by atoms with E-state index in [0.29, 0.717) is 12.1 Å². The molecule has 2 N–H and O–H groups in total. The number of hydrogen-bond acceptors (Lipinski definition) is 10. The van der Waals surface area contributed by atoms with Crippen LogP contribution in [-0.2, 0) is 24.4 Å². The molecule has 4 aliphatic rings. The summed E-state index contributed by atoms with van der Waals surface area (Å²) in [5.74, 6) is -4.24. The molecule has 0 spiro atoms. The maximum atomic E-state index is 16.2. The Balaban J connectivity index is 1.20. The second-order valence-electron chi connectivity index (χ2n) is 14.7. The highest BCUT2D eigenvalue weighted by atomic mass is 19.1.